The van der Waals surface area contributed by atoms with Crippen LogP contribution in [0, 0.1) is 0 Å². The fraction of sp³-hybridized carbons (Fsp3) is 0.133. The van der Waals surface area contributed by atoms with Crippen molar-refractivity contribution in [3.8, 4) is 11.4 Å². The number of rotatable bonds is 5. The van der Waals surface area contributed by atoms with Gasteiger partial charge < -0.3 is 4.74 Å². The van der Waals surface area contributed by atoms with Crippen molar-refractivity contribution in [2.24, 2.45) is 0 Å². The van der Waals surface area contributed by atoms with Crippen molar-refractivity contribution in [3.63, 3.8) is 0 Å². The minimum Gasteiger partial charge on any atom is -0.406 e. The second-order valence-corrected chi connectivity index (χ2v) is 5.63. The summed E-state index contributed by atoms with van der Waals surface area (Å²) < 4.78 is 41.8. The van der Waals surface area contributed by atoms with E-state index in [1.54, 1.807) is 16.8 Å². The fourth-order valence-electron chi connectivity index (χ4n) is 1.94. The van der Waals surface area contributed by atoms with Crippen molar-refractivity contribution in [1.29, 1.82) is 0 Å². The van der Waals surface area contributed by atoms with E-state index in [1.807, 2.05) is 30.3 Å². The average Bonchev–Trinajstić information content (AvgIpc) is 3.02. The zero-order valence-corrected chi connectivity index (χ0v) is 13.0. The van der Waals surface area contributed by atoms with Crippen molar-refractivity contribution < 1.29 is 17.9 Å². The summed E-state index contributed by atoms with van der Waals surface area (Å²) in [4.78, 5) is 0. The molecule has 0 aliphatic carbocycles. The maximum atomic E-state index is 12.1. The van der Waals surface area contributed by atoms with Gasteiger partial charge in [-0.15, -0.1) is 18.3 Å². The molecule has 24 heavy (non-hydrogen) atoms. The van der Waals surface area contributed by atoms with Crippen LogP contribution in [-0.2, 0) is 5.75 Å². The quantitative estimate of drug-likeness (QED) is 0.653. The predicted octanol–water partition coefficient (Wildman–Crippen LogP) is 3.85. The smallest absolute Gasteiger partial charge is 0.406 e. The van der Waals surface area contributed by atoms with E-state index in [0.29, 0.717) is 10.9 Å². The number of hydrogen-bond acceptors (Lipinski definition) is 5. The molecule has 0 fully saturated rings. The van der Waals surface area contributed by atoms with Gasteiger partial charge >= 0.3 is 6.36 Å². The largest absolute Gasteiger partial charge is 0.573 e. The Bertz CT molecular complexity index is 790. The molecule has 0 unspecified atom stereocenters. The summed E-state index contributed by atoms with van der Waals surface area (Å²) in [6.45, 7) is 0. The molecule has 124 valence electrons. The third-order valence-electron chi connectivity index (χ3n) is 2.97. The second kappa shape index (κ2) is 6.91. The molecule has 0 saturated carbocycles. The van der Waals surface area contributed by atoms with E-state index in [1.165, 1.54) is 23.9 Å². The van der Waals surface area contributed by atoms with Crippen LogP contribution in [0.4, 0.5) is 13.2 Å². The first-order valence-corrected chi connectivity index (χ1v) is 7.81. The molecule has 0 radical (unpaired) electrons. The van der Waals surface area contributed by atoms with Crippen LogP contribution < -0.4 is 4.74 Å². The Labute approximate surface area is 139 Å². The second-order valence-electron chi connectivity index (χ2n) is 4.69. The zero-order chi connectivity index (χ0) is 17.0. The Morgan fingerprint density at radius 2 is 1.71 bits per heavy atom. The number of tetrazole rings is 1. The lowest BCUT2D eigenvalue weighted by Crippen LogP contribution is -2.16. The Balaban J connectivity index is 1.66. The highest BCUT2D eigenvalue weighted by Crippen LogP contribution is 2.26. The summed E-state index contributed by atoms with van der Waals surface area (Å²) in [5, 5.41) is 12.2. The van der Waals surface area contributed by atoms with Crippen LogP contribution in [-0.4, -0.2) is 26.6 Å². The molecule has 0 atom stereocenters. The molecule has 0 spiro atoms. The van der Waals surface area contributed by atoms with Crippen LogP contribution in [0.25, 0.3) is 5.69 Å². The predicted molar refractivity (Wildman–Crippen MR) is 81.8 cm³/mol. The molecule has 5 nitrogen and oxygen atoms in total. The van der Waals surface area contributed by atoms with Gasteiger partial charge in [0.1, 0.15) is 5.75 Å². The van der Waals surface area contributed by atoms with Crippen LogP contribution in [0.3, 0.4) is 0 Å². The number of para-hydroxylation sites is 1. The fourth-order valence-corrected chi connectivity index (χ4v) is 2.78. The Morgan fingerprint density at radius 3 is 2.38 bits per heavy atom. The summed E-state index contributed by atoms with van der Waals surface area (Å²) >= 11 is 1.38. The first-order chi connectivity index (χ1) is 11.5. The van der Waals surface area contributed by atoms with E-state index in [9.17, 15) is 13.2 Å². The van der Waals surface area contributed by atoms with Crippen molar-refractivity contribution >= 4 is 11.8 Å². The number of nitrogens with zero attached hydrogens (tertiary/aromatic N) is 4. The number of thioether (sulfide) groups is 1. The van der Waals surface area contributed by atoms with E-state index in [0.717, 1.165) is 11.3 Å². The first kappa shape index (κ1) is 16.3. The molecule has 1 aromatic heterocycles. The van der Waals surface area contributed by atoms with Gasteiger partial charge in [0, 0.05) is 5.75 Å². The van der Waals surface area contributed by atoms with Crippen molar-refractivity contribution in [2.75, 3.05) is 0 Å². The molecule has 0 amide bonds. The number of hydrogen-bond donors (Lipinski definition) is 0. The van der Waals surface area contributed by atoms with E-state index < -0.39 is 6.36 Å². The summed E-state index contributed by atoms with van der Waals surface area (Å²) in [7, 11) is 0. The maximum Gasteiger partial charge on any atom is 0.573 e. The molecular weight excluding hydrogens is 341 g/mol. The van der Waals surface area contributed by atoms with Gasteiger partial charge in [-0.1, -0.05) is 42.1 Å². The minimum atomic E-state index is -4.69. The SMILES string of the molecule is FC(F)(F)Oc1ccc(CSc2nnnn2-c2ccccc2)cc1. The highest BCUT2D eigenvalue weighted by Gasteiger charge is 2.30. The van der Waals surface area contributed by atoms with Crippen molar-refractivity contribution in [1.82, 2.24) is 20.2 Å². The Kier molecular flexibility index (Phi) is 4.70. The standard InChI is InChI=1S/C15H11F3N4OS/c16-15(17,18)23-13-8-6-11(7-9-13)10-24-14-19-20-21-22(14)12-4-2-1-3-5-12/h1-9H,10H2. The summed E-state index contributed by atoms with van der Waals surface area (Å²) in [5.41, 5.74) is 1.66. The molecule has 2 aromatic carbocycles. The summed E-state index contributed by atoms with van der Waals surface area (Å²) in [6.07, 6.45) is -4.69. The van der Waals surface area contributed by atoms with Crippen LogP contribution in [0.2, 0.25) is 0 Å². The lowest BCUT2D eigenvalue weighted by molar-refractivity contribution is -0.274. The molecule has 0 aliphatic rings. The van der Waals surface area contributed by atoms with E-state index in [2.05, 4.69) is 20.3 Å². The molecule has 0 saturated heterocycles. The Hall–Kier alpha value is -2.55. The van der Waals surface area contributed by atoms with Gasteiger partial charge in [0.2, 0.25) is 5.16 Å². The molecule has 0 bridgehead atoms. The lowest BCUT2D eigenvalue weighted by Gasteiger charge is -2.09. The molecule has 0 aliphatic heterocycles. The highest BCUT2D eigenvalue weighted by molar-refractivity contribution is 7.98. The summed E-state index contributed by atoms with van der Waals surface area (Å²) in [5.74, 6) is 0.268. The normalized spacial score (nSPS) is 11.5. The highest BCUT2D eigenvalue weighted by atomic mass is 32.2. The monoisotopic (exact) mass is 352 g/mol. The number of aromatic nitrogens is 4. The first-order valence-electron chi connectivity index (χ1n) is 6.82. The molecule has 3 aromatic rings. The van der Waals surface area contributed by atoms with Crippen LogP contribution >= 0.6 is 11.8 Å². The van der Waals surface area contributed by atoms with Gasteiger partial charge in [-0.2, -0.15) is 4.68 Å². The van der Waals surface area contributed by atoms with Gasteiger partial charge in [0.05, 0.1) is 5.69 Å². The van der Waals surface area contributed by atoms with Gasteiger partial charge in [-0.3, -0.25) is 0 Å². The molecule has 3 rings (SSSR count). The number of benzene rings is 2. The van der Waals surface area contributed by atoms with Gasteiger partial charge in [0.25, 0.3) is 0 Å². The van der Waals surface area contributed by atoms with E-state index in [-0.39, 0.29) is 5.75 Å². The van der Waals surface area contributed by atoms with Crippen LogP contribution in [0.5, 0.6) is 5.75 Å². The number of alkyl halides is 3. The lowest BCUT2D eigenvalue weighted by atomic mass is 10.2. The minimum absolute atomic E-state index is 0.245. The molecule has 9 heteroatoms. The molecule has 0 N–H and O–H groups in total. The van der Waals surface area contributed by atoms with Gasteiger partial charge in [-0.25, -0.2) is 0 Å². The van der Waals surface area contributed by atoms with Gasteiger partial charge in [0.15, 0.2) is 0 Å². The topological polar surface area (TPSA) is 52.8 Å². The van der Waals surface area contributed by atoms with Crippen molar-refractivity contribution in [2.45, 2.75) is 17.3 Å². The Morgan fingerprint density at radius 1 is 1.00 bits per heavy atom. The van der Waals surface area contributed by atoms with Crippen LogP contribution in [0.1, 0.15) is 5.56 Å². The number of ether oxygens (including phenoxy) is 1. The maximum absolute atomic E-state index is 12.1. The average molecular weight is 352 g/mol. The zero-order valence-electron chi connectivity index (χ0n) is 12.1. The summed E-state index contributed by atoms with van der Waals surface area (Å²) in [6, 6.07) is 15.1. The van der Waals surface area contributed by atoms with E-state index >= 15 is 0 Å². The molecule has 1 heterocycles. The third kappa shape index (κ3) is 4.25. The molecular formula is C15H11F3N4OS. The number of halogens is 3. The van der Waals surface area contributed by atoms with Gasteiger partial charge in [-0.05, 0) is 40.3 Å². The van der Waals surface area contributed by atoms with Crippen molar-refractivity contribution in [3.05, 3.63) is 60.2 Å². The van der Waals surface area contributed by atoms with Crippen LogP contribution in [0.15, 0.2) is 59.8 Å². The third-order valence-corrected chi connectivity index (χ3v) is 3.96. The van der Waals surface area contributed by atoms with E-state index in [4.69, 9.17) is 0 Å².